The van der Waals surface area contributed by atoms with Crippen molar-refractivity contribution in [2.75, 3.05) is 32.1 Å². The summed E-state index contributed by atoms with van der Waals surface area (Å²) in [7, 11) is 4.10. The van der Waals surface area contributed by atoms with E-state index in [4.69, 9.17) is 0 Å². The van der Waals surface area contributed by atoms with Crippen LogP contribution in [0.1, 0.15) is 36.9 Å². The summed E-state index contributed by atoms with van der Waals surface area (Å²) in [6.07, 6.45) is 2.39. The third-order valence-electron chi connectivity index (χ3n) is 6.57. The first-order chi connectivity index (χ1) is 12.5. The fourth-order valence-electron chi connectivity index (χ4n) is 5.17. The van der Waals surface area contributed by atoms with Gasteiger partial charge in [-0.25, -0.2) is 0 Å². The first kappa shape index (κ1) is 17.6. The van der Waals surface area contributed by atoms with Crippen LogP contribution in [0.15, 0.2) is 54.6 Å². The van der Waals surface area contributed by atoms with Crippen molar-refractivity contribution in [1.82, 2.24) is 4.90 Å². The molecule has 0 saturated carbocycles. The maximum Gasteiger partial charge on any atom is 0.0917 e. The van der Waals surface area contributed by atoms with Gasteiger partial charge in [0.1, 0.15) is 0 Å². The van der Waals surface area contributed by atoms with Crippen LogP contribution in [0.2, 0.25) is 0 Å². The van der Waals surface area contributed by atoms with Gasteiger partial charge in [-0.1, -0.05) is 42.5 Å². The third-order valence-corrected chi connectivity index (χ3v) is 6.57. The second-order valence-electron chi connectivity index (χ2n) is 8.34. The van der Waals surface area contributed by atoms with Gasteiger partial charge in [0.15, 0.2) is 0 Å². The fourth-order valence-corrected chi connectivity index (χ4v) is 5.17. The average Bonchev–Trinajstić information content (AvgIpc) is 2.69. The number of rotatable bonds is 4. The molecule has 0 aliphatic carbocycles. The largest absolute Gasteiger partial charge is 0.385 e. The topological polar surface area (TPSA) is 26.7 Å². The molecule has 1 N–H and O–H groups in total. The lowest BCUT2D eigenvalue weighted by atomic mass is 9.63. The summed E-state index contributed by atoms with van der Waals surface area (Å²) in [6.45, 7) is 4.33. The Morgan fingerprint density at radius 3 is 2.15 bits per heavy atom. The molecule has 26 heavy (non-hydrogen) atoms. The van der Waals surface area contributed by atoms with Crippen LogP contribution >= 0.6 is 0 Å². The first-order valence-corrected chi connectivity index (χ1v) is 9.77. The minimum Gasteiger partial charge on any atom is -0.385 e. The number of benzene rings is 2. The van der Waals surface area contributed by atoms with Crippen molar-refractivity contribution in [2.45, 2.75) is 31.4 Å². The summed E-state index contributed by atoms with van der Waals surface area (Å²) in [5.74, 6) is 0.798. The normalized spacial score (nSPS) is 30.0. The summed E-state index contributed by atoms with van der Waals surface area (Å²) in [6, 6.07) is 19.5. The van der Waals surface area contributed by atoms with Gasteiger partial charge >= 0.3 is 0 Å². The van der Waals surface area contributed by atoms with Crippen LogP contribution < -0.4 is 4.90 Å². The highest BCUT2D eigenvalue weighted by Gasteiger charge is 2.51. The Labute approximate surface area is 157 Å². The zero-order valence-electron chi connectivity index (χ0n) is 16.1. The van der Waals surface area contributed by atoms with Crippen molar-refractivity contribution in [3.8, 4) is 0 Å². The Morgan fingerprint density at radius 1 is 0.962 bits per heavy atom. The molecule has 0 aromatic heterocycles. The van der Waals surface area contributed by atoms with E-state index in [0.29, 0.717) is 12.0 Å². The predicted molar refractivity (Wildman–Crippen MR) is 107 cm³/mol. The van der Waals surface area contributed by atoms with Crippen molar-refractivity contribution in [3.63, 3.8) is 0 Å². The quantitative estimate of drug-likeness (QED) is 0.901. The molecule has 0 spiro atoms. The molecule has 2 bridgehead atoms. The molecule has 2 aromatic carbocycles. The molecule has 5 rings (SSSR count). The van der Waals surface area contributed by atoms with Gasteiger partial charge in [0.05, 0.1) is 5.60 Å². The van der Waals surface area contributed by atoms with Gasteiger partial charge in [0, 0.05) is 31.7 Å². The van der Waals surface area contributed by atoms with Crippen molar-refractivity contribution in [2.24, 2.45) is 11.8 Å². The predicted octanol–water partition coefficient (Wildman–Crippen LogP) is 4.04. The van der Waals surface area contributed by atoms with E-state index in [0.717, 1.165) is 24.3 Å². The molecule has 0 amide bonds. The van der Waals surface area contributed by atoms with E-state index < -0.39 is 5.60 Å². The number of piperidine rings is 3. The molecule has 3 heterocycles. The van der Waals surface area contributed by atoms with Crippen LogP contribution in [0.3, 0.4) is 0 Å². The molecule has 3 aliphatic rings. The molecule has 3 heteroatoms. The van der Waals surface area contributed by atoms with Crippen molar-refractivity contribution >= 4 is 5.69 Å². The second kappa shape index (κ2) is 6.71. The Hall–Kier alpha value is -1.84. The third kappa shape index (κ3) is 2.93. The molecule has 3 unspecified atom stereocenters. The molecular weight excluding hydrogens is 320 g/mol. The van der Waals surface area contributed by atoms with E-state index in [1.54, 1.807) is 0 Å². The summed E-state index contributed by atoms with van der Waals surface area (Å²) >= 11 is 0. The van der Waals surface area contributed by atoms with E-state index in [1.807, 2.05) is 21.0 Å². The Bertz CT molecular complexity index is 731. The van der Waals surface area contributed by atoms with E-state index in [9.17, 15) is 5.11 Å². The monoisotopic (exact) mass is 350 g/mol. The number of fused-ring (bicyclic) bond motifs is 3. The summed E-state index contributed by atoms with van der Waals surface area (Å²) < 4.78 is 0. The Balaban J connectivity index is 1.72. The minimum absolute atomic E-state index is 0.220. The lowest BCUT2D eigenvalue weighted by Crippen LogP contribution is -2.55. The molecule has 138 valence electrons. The maximum atomic E-state index is 11.8. The second-order valence-corrected chi connectivity index (χ2v) is 8.34. The van der Waals surface area contributed by atoms with Gasteiger partial charge < -0.3 is 10.0 Å². The lowest BCUT2D eigenvalue weighted by Gasteiger charge is -2.55. The number of hydrogen-bond acceptors (Lipinski definition) is 3. The molecule has 3 nitrogen and oxygen atoms in total. The van der Waals surface area contributed by atoms with Crippen LogP contribution in [0.5, 0.6) is 0 Å². The lowest BCUT2D eigenvalue weighted by molar-refractivity contribution is -0.126. The number of nitrogens with zero attached hydrogens (tertiary/aromatic N) is 2. The maximum absolute atomic E-state index is 11.8. The van der Waals surface area contributed by atoms with Crippen molar-refractivity contribution < 1.29 is 5.11 Å². The number of aliphatic hydroxyl groups is 1. The van der Waals surface area contributed by atoms with Gasteiger partial charge in [0.25, 0.3) is 0 Å². The molecule has 3 atom stereocenters. The Morgan fingerprint density at radius 2 is 1.58 bits per heavy atom. The van der Waals surface area contributed by atoms with Crippen LogP contribution in [0.4, 0.5) is 5.69 Å². The van der Waals surface area contributed by atoms with E-state index in [2.05, 4.69) is 64.4 Å². The van der Waals surface area contributed by atoms with Crippen LogP contribution in [-0.4, -0.2) is 37.2 Å². The highest BCUT2D eigenvalue weighted by Crippen LogP contribution is 2.52. The zero-order valence-corrected chi connectivity index (χ0v) is 16.1. The molecule has 3 aliphatic heterocycles. The van der Waals surface area contributed by atoms with Gasteiger partial charge in [-0.15, -0.1) is 0 Å². The molecule has 3 saturated heterocycles. The smallest absolute Gasteiger partial charge is 0.0917 e. The summed E-state index contributed by atoms with van der Waals surface area (Å²) in [4.78, 5) is 4.68. The Kier molecular flexibility index (Phi) is 4.54. The van der Waals surface area contributed by atoms with E-state index in [-0.39, 0.29) is 5.92 Å². The van der Waals surface area contributed by atoms with Crippen molar-refractivity contribution in [1.29, 1.82) is 0 Å². The van der Waals surface area contributed by atoms with E-state index >= 15 is 0 Å². The number of hydrogen-bond donors (Lipinski definition) is 1. The van der Waals surface area contributed by atoms with Gasteiger partial charge in [-0.2, -0.15) is 0 Å². The molecule has 0 radical (unpaired) electrons. The summed E-state index contributed by atoms with van der Waals surface area (Å²) in [5, 5.41) is 11.8. The highest BCUT2D eigenvalue weighted by molar-refractivity contribution is 5.47. The van der Waals surface area contributed by atoms with Gasteiger partial charge in [-0.3, -0.25) is 4.90 Å². The molecular formula is C23H30N2O. The highest BCUT2D eigenvalue weighted by atomic mass is 16.3. The summed E-state index contributed by atoms with van der Waals surface area (Å²) in [5.41, 5.74) is 2.70. The minimum atomic E-state index is -0.838. The first-order valence-electron chi connectivity index (χ1n) is 9.77. The van der Waals surface area contributed by atoms with Gasteiger partial charge in [-0.05, 0) is 62.0 Å². The fraction of sp³-hybridized carbons (Fsp3) is 0.478. The van der Waals surface area contributed by atoms with Crippen LogP contribution in [-0.2, 0) is 5.60 Å². The van der Waals surface area contributed by atoms with Crippen LogP contribution in [0, 0.1) is 11.8 Å². The van der Waals surface area contributed by atoms with Gasteiger partial charge in [0.2, 0.25) is 0 Å². The number of anilines is 1. The molecule has 3 fully saturated rings. The zero-order chi connectivity index (χ0) is 18.3. The van der Waals surface area contributed by atoms with E-state index in [1.165, 1.54) is 18.4 Å². The molecule has 2 aromatic rings. The average molecular weight is 351 g/mol. The standard InChI is InChI=1S/C23H30N2O/c1-23(26,19-9-11-20(12-10-19)24(2)3)21-17-13-15-25(16-14-17)22(21)18-7-5-4-6-8-18/h4-12,17,21-22,26H,13-16H2,1-3H3. The van der Waals surface area contributed by atoms with Crippen LogP contribution in [0.25, 0.3) is 0 Å². The SMILES string of the molecule is CN(C)c1ccc(C(C)(O)C2C3CCN(CC3)C2c2ccccc2)cc1. The van der Waals surface area contributed by atoms with Crippen molar-refractivity contribution in [3.05, 3.63) is 65.7 Å².